The normalized spacial score (nSPS) is 36.6. The summed E-state index contributed by atoms with van der Waals surface area (Å²) in [4.78, 5) is 23.3. The molecule has 2 rings (SSSR count). The van der Waals surface area contributed by atoms with Crippen molar-refractivity contribution in [2.24, 2.45) is 0 Å². The van der Waals surface area contributed by atoms with Gasteiger partial charge in [0.25, 0.3) is 0 Å². The Hall–Kier alpha value is -0.900. The van der Waals surface area contributed by atoms with Crippen LogP contribution in [-0.2, 0) is 14.3 Å². The first-order chi connectivity index (χ1) is 5.18. The number of Topliss-reactive ketones (excluding diaryl/α,β-unsaturated/α-hetero) is 1. The zero-order chi connectivity index (χ0) is 8.01. The number of amides is 1. The highest BCUT2D eigenvalue weighted by molar-refractivity contribution is 5.92. The summed E-state index contributed by atoms with van der Waals surface area (Å²) in [5.74, 6) is 0.0181. The molecular weight excluding hydrogens is 146 g/mol. The summed E-state index contributed by atoms with van der Waals surface area (Å²) in [6, 6.07) is 0. The molecule has 0 bridgehead atoms. The standard InChI is InChI=1S/C7H9NO3/c1-4-5(9)3-8-6(10)2-7(8)11-4/h4,7H,2-3H2,1H3. The molecule has 0 aliphatic carbocycles. The van der Waals surface area contributed by atoms with Crippen LogP contribution in [0.2, 0.25) is 0 Å². The van der Waals surface area contributed by atoms with Crippen molar-refractivity contribution in [1.82, 2.24) is 4.90 Å². The van der Waals surface area contributed by atoms with E-state index in [9.17, 15) is 9.59 Å². The second-order valence-corrected chi connectivity index (χ2v) is 2.93. The molecule has 2 fully saturated rings. The van der Waals surface area contributed by atoms with E-state index < -0.39 is 0 Å². The fourth-order valence-corrected chi connectivity index (χ4v) is 1.34. The van der Waals surface area contributed by atoms with Crippen LogP contribution in [0.5, 0.6) is 0 Å². The third-order valence-corrected chi connectivity index (χ3v) is 2.16. The van der Waals surface area contributed by atoms with E-state index in [1.807, 2.05) is 0 Å². The van der Waals surface area contributed by atoms with Crippen molar-refractivity contribution in [2.75, 3.05) is 6.54 Å². The van der Waals surface area contributed by atoms with Crippen molar-refractivity contribution >= 4 is 11.7 Å². The lowest BCUT2D eigenvalue weighted by molar-refractivity contribution is -0.199. The van der Waals surface area contributed by atoms with Crippen molar-refractivity contribution in [3.05, 3.63) is 0 Å². The number of ketones is 1. The second-order valence-electron chi connectivity index (χ2n) is 2.93. The molecule has 2 aliphatic rings. The van der Waals surface area contributed by atoms with Crippen molar-refractivity contribution < 1.29 is 14.3 Å². The van der Waals surface area contributed by atoms with Crippen LogP contribution in [0.1, 0.15) is 13.3 Å². The van der Waals surface area contributed by atoms with Gasteiger partial charge in [0.1, 0.15) is 12.3 Å². The van der Waals surface area contributed by atoms with Gasteiger partial charge in [0, 0.05) is 0 Å². The molecule has 2 unspecified atom stereocenters. The Bertz CT molecular complexity index is 226. The molecule has 4 nitrogen and oxygen atoms in total. The minimum Gasteiger partial charge on any atom is -0.347 e. The van der Waals surface area contributed by atoms with Gasteiger partial charge in [-0.3, -0.25) is 9.59 Å². The van der Waals surface area contributed by atoms with E-state index in [2.05, 4.69) is 0 Å². The Morgan fingerprint density at radius 2 is 2.27 bits per heavy atom. The highest BCUT2D eigenvalue weighted by Crippen LogP contribution is 2.25. The topological polar surface area (TPSA) is 46.6 Å². The van der Waals surface area contributed by atoms with Crippen LogP contribution in [0.25, 0.3) is 0 Å². The van der Waals surface area contributed by atoms with Gasteiger partial charge in [0.15, 0.2) is 5.78 Å². The number of rotatable bonds is 0. The molecule has 0 saturated carbocycles. The number of hydrogen-bond donors (Lipinski definition) is 0. The maximum atomic E-state index is 11.0. The Kier molecular flexibility index (Phi) is 1.26. The van der Waals surface area contributed by atoms with E-state index in [0.29, 0.717) is 6.42 Å². The summed E-state index contributed by atoms with van der Waals surface area (Å²) in [7, 11) is 0. The predicted molar refractivity (Wildman–Crippen MR) is 35.7 cm³/mol. The van der Waals surface area contributed by atoms with E-state index in [-0.39, 0.29) is 30.6 Å². The number of fused-ring (bicyclic) bond motifs is 1. The molecule has 0 spiro atoms. The molecule has 2 aliphatic heterocycles. The Morgan fingerprint density at radius 1 is 1.55 bits per heavy atom. The minimum atomic E-state index is -0.329. The number of β-lactam (4-membered cyclic amide) rings is 1. The molecule has 0 radical (unpaired) electrons. The Morgan fingerprint density at radius 3 is 2.91 bits per heavy atom. The summed E-state index contributed by atoms with van der Waals surface area (Å²) in [5.41, 5.74) is 0. The first-order valence-corrected chi connectivity index (χ1v) is 3.66. The second kappa shape index (κ2) is 2.04. The quantitative estimate of drug-likeness (QED) is 0.444. The van der Waals surface area contributed by atoms with Crippen LogP contribution in [0.15, 0.2) is 0 Å². The van der Waals surface area contributed by atoms with Crippen LogP contribution < -0.4 is 0 Å². The molecular formula is C7H9NO3. The molecule has 2 saturated heterocycles. The molecule has 0 aromatic rings. The van der Waals surface area contributed by atoms with Crippen LogP contribution in [0, 0.1) is 0 Å². The Labute approximate surface area is 64.1 Å². The molecule has 60 valence electrons. The van der Waals surface area contributed by atoms with Crippen molar-refractivity contribution in [3.63, 3.8) is 0 Å². The predicted octanol–water partition coefficient (Wildman–Crippen LogP) is -0.467. The zero-order valence-corrected chi connectivity index (χ0v) is 6.24. The minimum absolute atomic E-state index is 0.00528. The van der Waals surface area contributed by atoms with Crippen LogP contribution in [0.4, 0.5) is 0 Å². The lowest BCUT2D eigenvalue weighted by Crippen LogP contribution is -2.61. The van der Waals surface area contributed by atoms with E-state index >= 15 is 0 Å². The summed E-state index contributed by atoms with van der Waals surface area (Å²) < 4.78 is 5.22. The molecule has 0 aromatic carbocycles. The lowest BCUT2D eigenvalue weighted by Gasteiger charge is -2.44. The van der Waals surface area contributed by atoms with Gasteiger partial charge in [-0.15, -0.1) is 0 Å². The third kappa shape index (κ3) is 0.860. The average Bonchev–Trinajstić information content (AvgIpc) is 1.97. The van der Waals surface area contributed by atoms with E-state index in [0.717, 1.165) is 0 Å². The van der Waals surface area contributed by atoms with Crippen molar-refractivity contribution in [2.45, 2.75) is 25.7 Å². The summed E-state index contributed by atoms with van der Waals surface area (Å²) in [6.45, 7) is 1.97. The highest BCUT2D eigenvalue weighted by atomic mass is 16.5. The molecule has 4 heteroatoms. The fourth-order valence-electron chi connectivity index (χ4n) is 1.34. The summed E-state index contributed by atoms with van der Waals surface area (Å²) in [6.07, 6.45) is -0.00278. The number of carbonyl (C=O) groups is 2. The smallest absolute Gasteiger partial charge is 0.229 e. The average molecular weight is 155 g/mol. The van der Waals surface area contributed by atoms with Gasteiger partial charge >= 0.3 is 0 Å². The summed E-state index contributed by atoms with van der Waals surface area (Å²) >= 11 is 0. The van der Waals surface area contributed by atoms with E-state index in [1.54, 1.807) is 6.92 Å². The number of carbonyl (C=O) groups excluding carboxylic acids is 2. The van der Waals surface area contributed by atoms with E-state index in [1.165, 1.54) is 4.90 Å². The zero-order valence-electron chi connectivity index (χ0n) is 6.24. The molecule has 11 heavy (non-hydrogen) atoms. The first-order valence-electron chi connectivity index (χ1n) is 3.66. The third-order valence-electron chi connectivity index (χ3n) is 2.16. The summed E-state index contributed by atoms with van der Waals surface area (Å²) in [5, 5.41) is 0. The maximum absolute atomic E-state index is 11.0. The van der Waals surface area contributed by atoms with Crippen molar-refractivity contribution in [3.8, 4) is 0 Å². The number of ether oxygens (including phenoxy) is 1. The number of nitrogens with zero attached hydrogens (tertiary/aromatic N) is 1. The van der Waals surface area contributed by atoms with Gasteiger partial charge < -0.3 is 9.64 Å². The molecule has 2 heterocycles. The molecule has 1 amide bonds. The number of hydrogen-bond acceptors (Lipinski definition) is 3. The van der Waals surface area contributed by atoms with E-state index in [4.69, 9.17) is 4.74 Å². The highest BCUT2D eigenvalue weighted by Gasteiger charge is 2.43. The first kappa shape index (κ1) is 6.79. The van der Waals surface area contributed by atoms with Gasteiger partial charge in [-0.25, -0.2) is 0 Å². The van der Waals surface area contributed by atoms with Crippen molar-refractivity contribution in [1.29, 1.82) is 0 Å². The maximum Gasteiger partial charge on any atom is 0.229 e. The Balaban J connectivity index is 2.09. The fraction of sp³-hybridized carbons (Fsp3) is 0.714. The van der Waals surface area contributed by atoms with Crippen LogP contribution in [0.3, 0.4) is 0 Å². The van der Waals surface area contributed by atoms with Crippen LogP contribution in [-0.4, -0.2) is 35.5 Å². The monoisotopic (exact) mass is 155 g/mol. The molecule has 0 N–H and O–H groups in total. The van der Waals surface area contributed by atoms with Gasteiger partial charge in [0.2, 0.25) is 5.91 Å². The lowest BCUT2D eigenvalue weighted by atomic mass is 10.1. The largest absolute Gasteiger partial charge is 0.347 e. The van der Waals surface area contributed by atoms with Gasteiger partial charge in [0.05, 0.1) is 13.0 Å². The van der Waals surface area contributed by atoms with Gasteiger partial charge in [-0.2, -0.15) is 0 Å². The van der Waals surface area contributed by atoms with Crippen LogP contribution >= 0.6 is 0 Å². The van der Waals surface area contributed by atoms with Gasteiger partial charge in [-0.05, 0) is 6.92 Å². The SMILES string of the molecule is CC1OC2CC(=O)N2CC1=O. The van der Waals surface area contributed by atoms with Gasteiger partial charge in [-0.1, -0.05) is 0 Å². The molecule has 0 aromatic heterocycles. The molecule has 2 atom stereocenters.